The van der Waals surface area contributed by atoms with Crippen LogP contribution in [0.15, 0.2) is 42.5 Å². The lowest BCUT2D eigenvalue weighted by molar-refractivity contribution is -0.122. The van der Waals surface area contributed by atoms with Crippen LogP contribution >= 0.6 is 0 Å². The van der Waals surface area contributed by atoms with Crippen molar-refractivity contribution < 1.29 is 23.8 Å². The summed E-state index contributed by atoms with van der Waals surface area (Å²) in [5.74, 6) is 0.811. The van der Waals surface area contributed by atoms with Gasteiger partial charge in [-0.2, -0.15) is 0 Å². The third-order valence-corrected chi connectivity index (χ3v) is 4.25. The first-order chi connectivity index (χ1) is 13.7. The third-order valence-electron chi connectivity index (χ3n) is 4.25. The summed E-state index contributed by atoms with van der Waals surface area (Å²) in [6.45, 7) is 6.62. The van der Waals surface area contributed by atoms with Gasteiger partial charge in [-0.05, 0) is 35.2 Å². The standard InChI is InChI=1S/C22H28N2O5/c1-22(2,3)16-6-8-17(9-7-16)29-11-10-20(25)23-24-21(26)15-12-18(27-4)14-19(13-15)28-5/h6-9,12-14H,10-11H2,1-5H3,(H,23,25)(H,24,26). The predicted octanol–water partition coefficient (Wildman–Crippen LogP) is 3.23. The molecule has 0 aliphatic heterocycles. The van der Waals surface area contributed by atoms with Gasteiger partial charge in [-0.25, -0.2) is 0 Å². The SMILES string of the molecule is COc1cc(OC)cc(C(=O)NNC(=O)CCOc2ccc(C(C)(C)C)cc2)c1. The Hall–Kier alpha value is -3.22. The number of nitrogens with one attached hydrogen (secondary N) is 2. The van der Waals surface area contributed by atoms with Crippen molar-refractivity contribution in [2.45, 2.75) is 32.6 Å². The van der Waals surface area contributed by atoms with Gasteiger partial charge in [0.15, 0.2) is 0 Å². The molecule has 0 heterocycles. The van der Waals surface area contributed by atoms with Crippen LogP contribution in [0.4, 0.5) is 0 Å². The summed E-state index contributed by atoms with van der Waals surface area (Å²) in [4.78, 5) is 24.2. The summed E-state index contributed by atoms with van der Waals surface area (Å²) in [5, 5.41) is 0. The van der Waals surface area contributed by atoms with Crippen LogP contribution in [0.3, 0.4) is 0 Å². The number of benzene rings is 2. The molecular formula is C22H28N2O5. The van der Waals surface area contributed by atoms with E-state index in [0.717, 1.165) is 0 Å². The topological polar surface area (TPSA) is 85.9 Å². The number of hydrazine groups is 1. The lowest BCUT2D eigenvalue weighted by Gasteiger charge is -2.19. The zero-order valence-corrected chi connectivity index (χ0v) is 17.5. The van der Waals surface area contributed by atoms with Crippen LogP contribution in [0.5, 0.6) is 17.2 Å². The molecule has 2 aromatic rings. The molecular weight excluding hydrogens is 372 g/mol. The second kappa shape index (κ2) is 9.82. The molecule has 0 aliphatic rings. The fraction of sp³-hybridized carbons (Fsp3) is 0.364. The number of carbonyl (C=O) groups excluding carboxylic acids is 2. The Morgan fingerprint density at radius 2 is 1.45 bits per heavy atom. The molecule has 2 amide bonds. The highest BCUT2D eigenvalue weighted by Crippen LogP contribution is 2.24. The first-order valence-electron chi connectivity index (χ1n) is 9.28. The van der Waals surface area contributed by atoms with Crippen molar-refractivity contribution in [2.24, 2.45) is 0 Å². The number of ether oxygens (including phenoxy) is 3. The smallest absolute Gasteiger partial charge is 0.269 e. The zero-order chi connectivity index (χ0) is 21.4. The Balaban J connectivity index is 1.79. The summed E-state index contributed by atoms with van der Waals surface area (Å²) >= 11 is 0. The van der Waals surface area contributed by atoms with Gasteiger partial charge in [0.1, 0.15) is 17.2 Å². The average molecular weight is 400 g/mol. The summed E-state index contributed by atoms with van der Waals surface area (Å²) in [7, 11) is 2.99. The lowest BCUT2D eigenvalue weighted by atomic mass is 9.87. The monoisotopic (exact) mass is 400 g/mol. The van der Waals surface area contributed by atoms with Crippen LogP contribution < -0.4 is 25.1 Å². The van der Waals surface area contributed by atoms with Crippen molar-refractivity contribution in [1.29, 1.82) is 0 Å². The van der Waals surface area contributed by atoms with Crippen LogP contribution in [0.1, 0.15) is 43.1 Å². The van der Waals surface area contributed by atoms with Crippen LogP contribution in [0, 0.1) is 0 Å². The first kappa shape index (κ1) is 22.1. The van der Waals surface area contributed by atoms with Gasteiger partial charge in [-0.3, -0.25) is 20.4 Å². The van der Waals surface area contributed by atoms with Crippen LogP contribution in [0.2, 0.25) is 0 Å². The normalized spacial score (nSPS) is 10.8. The number of hydrogen-bond acceptors (Lipinski definition) is 5. The van der Waals surface area contributed by atoms with E-state index in [1.54, 1.807) is 18.2 Å². The minimum atomic E-state index is -0.478. The fourth-order valence-corrected chi connectivity index (χ4v) is 2.51. The molecule has 0 aromatic heterocycles. The molecule has 2 N–H and O–H groups in total. The molecule has 2 rings (SSSR count). The van der Waals surface area contributed by atoms with Crippen LogP contribution in [-0.2, 0) is 10.2 Å². The molecule has 0 unspecified atom stereocenters. The van der Waals surface area contributed by atoms with E-state index in [0.29, 0.717) is 22.8 Å². The summed E-state index contributed by atoms with van der Waals surface area (Å²) in [6, 6.07) is 12.5. The molecule has 0 bridgehead atoms. The Bertz CT molecular complexity index is 819. The van der Waals surface area contributed by atoms with Crippen LogP contribution in [0.25, 0.3) is 0 Å². The Kier molecular flexibility index (Phi) is 7.47. The molecule has 0 saturated heterocycles. The highest BCUT2D eigenvalue weighted by molar-refractivity contribution is 5.96. The molecule has 0 aliphatic carbocycles. The molecule has 0 radical (unpaired) electrons. The molecule has 156 valence electrons. The van der Waals surface area contributed by atoms with Crippen molar-refractivity contribution in [3.05, 3.63) is 53.6 Å². The number of carbonyl (C=O) groups is 2. The maximum absolute atomic E-state index is 12.2. The highest BCUT2D eigenvalue weighted by Gasteiger charge is 2.13. The Labute approximate surface area is 171 Å². The molecule has 7 heteroatoms. The summed E-state index contributed by atoms with van der Waals surface area (Å²) < 4.78 is 15.9. The van der Waals surface area contributed by atoms with E-state index in [2.05, 4.69) is 31.6 Å². The van der Waals surface area contributed by atoms with Gasteiger partial charge in [0.05, 0.1) is 27.2 Å². The van der Waals surface area contributed by atoms with E-state index in [9.17, 15) is 9.59 Å². The van der Waals surface area contributed by atoms with Crippen LogP contribution in [-0.4, -0.2) is 32.6 Å². The van der Waals surface area contributed by atoms with Crippen molar-refractivity contribution in [2.75, 3.05) is 20.8 Å². The molecule has 0 fully saturated rings. The highest BCUT2D eigenvalue weighted by atomic mass is 16.5. The molecule has 0 atom stereocenters. The zero-order valence-electron chi connectivity index (χ0n) is 17.5. The van der Waals surface area contributed by atoms with Gasteiger partial charge < -0.3 is 14.2 Å². The minimum Gasteiger partial charge on any atom is -0.497 e. The van der Waals surface area contributed by atoms with Crippen molar-refractivity contribution in [3.8, 4) is 17.2 Å². The fourth-order valence-electron chi connectivity index (χ4n) is 2.51. The van der Waals surface area contributed by atoms with Crippen molar-refractivity contribution in [3.63, 3.8) is 0 Å². The van der Waals surface area contributed by atoms with Crippen molar-refractivity contribution in [1.82, 2.24) is 10.9 Å². The number of rotatable bonds is 7. The van der Waals surface area contributed by atoms with Gasteiger partial charge in [0, 0.05) is 11.6 Å². The van der Waals surface area contributed by atoms with Crippen molar-refractivity contribution >= 4 is 11.8 Å². The minimum absolute atomic E-state index is 0.0728. The largest absolute Gasteiger partial charge is 0.497 e. The first-order valence-corrected chi connectivity index (χ1v) is 9.28. The number of methoxy groups -OCH3 is 2. The third kappa shape index (κ3) is 6.71. The van der Waals surface area contributed by atoms with E-state index in [4.69, 9.17) is 14.2 Å². The van der Waals surface area contributed by atoms with E-state index >= 15 is 0 Å². The van der Waals surface area contributed by atoms with Gasteiger partial charge in [-0.15, -0.1) is 0 Å². The Morgan fingerprint density at radius 1 is 0.862 bits per heavy atom. The summed E-state index contributed by atoms with van der Waals surface area (Å²) in [5.41, 5.74) is 6.32. The molecule has 29 heavy (non-hydrogen) atoms. The van der Waals surface area contributed by atoms with E-state index in [1.807, 2.05) is 24.3 Å². The van der Waals surface area contributed by atoms with Gasteiger partial charge in [0.25, 0.3) is 5.91 Å². The van der Waals surface area contributed by atoms with Gasteiger partial charge in [0.2, 0.25) is 5.91 Å². The second-order valence-electron chi connectivity index (χ2n) is 7.48. The summed E-state index contributed by atoms with van der Waals surface area (Å²) in [6.07, 6.45) is 0.0999. The Morgan fingerprint density at radius 3 is 1.97 bits per heavy atom. The predicted molar refractivity (Wildman–Crippen MR) is 110 cm³/mol. The second-order valence-corrected chi connectivity index (χ2v) is 7.48. The maximum Gasteiger partial charge on any atom is 0.269 e. The average Bonchev–Trinajstić information content (AvgIpc) is 2.71. The molecule has 0 spiro atoms. The maximum atomic E-state index is 12.2. The quantitative estimate of drug-likeness (QED) is 0.697. The number of amides is 2. The molecule has 7 nitrogen and oxygen atoms in total. The van der Waals surface area contributed by atoms with E-state index < -0.39 is 5.91 Å². The van der Waals surface area contributed by atoms with E-state index in [1.165, 1.54) is 19.8 Å². The molecule has 0 saturated carbocycles. The number of hydrogen-bond donors (Lipinski definition) is 2. The molecule has 2 aromatic carbocycles. The van der Waals surface area contributed by atoms with Gasteiger partial charge >= 0.3 is 0 Å². The lowest BCUT2D eigenvalue weighted by Crippen LogP contribution is -2.42. The van der Waals surface area contributed by atoms with E-state index in [-0.39, 0.29) is 24.3 Å². The van der Waals surface area contributed by atoms with Gasteiger partial charge in [-0.1, -0.05) is 32.9 Å².